The quantitative estimate of drug-likeness (QED) is 0.420. The first kappa shape index (κ1) is 19.3. The normalized spacial score (nSPS) is 15.8. The summed E-state index contributed by atoms with van der Waals surface area (Å²) >= 11 is 11.3. The first-order valence-corrected chi connectivity index (χ1v) is 10.8. The third-order valence-electron chi connectivity index (χ3n) is 5.42. The average molecular weight is 441 g/mol. The molecule has 1 amide bonds. The summed E-state index contributed by atoms with van der Waals surface area (Å²) in [6.07, 6.45) is 4.42. The molecule has 0 bridgehead atoms. The molecule has 2 saturated carbocycles. The summed E-state index contributed by atoms with van der Waals surface area (Å²) in [4.78, 5) is 17.9. The fourth-order valence-electron chi connectivity index (χ4n) is 3.62. The van der Waals surface area contributed by atoms with Crippen LogP contribution in [0.1, 0.15) is 59.3 Å². The van der Waals surface area contributed by atoms with Crippen LogP contribution in [0.3, 0.4) is 0 Å². The lowest BCUT2D eigenvalue weighted by molar-refractivity contribution is 0.0945. The van der Waals surface area contributed by atoms with Gasteiger partial charge in [-0.15, -0.1) is 0 Å². The summed E-state index contributed by atoms with van der Waals surface area (Å²) in [6.45, 7) is 0. The summed E-state index contributed by atoms with van der Waals surface area (Å²) in [7, 11) is 1.89. The highest BCUT2D eigenvalue weighted by Crippen LogP contribution is 2.45. The molecular formula is C21H21ClN6OS. The molecule has 2 fully saturated rings. The molecule has 5 rings (SSSR count). The average Bonchev–Trinajstić information content (AvgIpc) is 3.63. The number of nitrogens with zero attached hydrogens (tertiary/aromatic N) is 3. The van der Waals surface area contributed by atoms with Gasteiger partial charge in [-0.3, -0.25) is 20.3 Å². The molecule has 1 aromatic carbocycles. The highest BCUT2D eigenvalue weighted by Gasteiger charge is 2.33. The molecule has 0 atom stereocenters. The van der Waals surface area contributed by atoms with Crippen LogP contribution >= 0.6 is 23.8 Å². The topological polar surface area (TPSA) is 83.9 Å². The van der Waals surface area contributed by atoms with Crippen molar-refractivity contribution in [1.82, 2.24) is 25.6 Å². The number of aryl methyl sites for hydroxylation is 1. The van der Waals surface area contributed by atoms with Gasteiger partial charge in [0.05, 0.1) is 16.6 Å². The van der Waals surface area contributed by atoms with E-state index in [-0.39, 0.29) is 11.0 Å². The third kappa shape index (κ3) is 3.85. The van der Waals surface area contributed by atoms with Gasteiger partial charge in [-0.1, -0.05) is 17.7 Å². The fourth-order valence-corrected chi connectivity index (χ4v) is 3.98. The van der Waals surface area contributed by atoms with E-state index >= 15 is 0 Å². The molecule has 30 heavy (non-hydrogen) atoms. The van der Waals surface area contributed by atoms with Crippen molar-refractivity contribution in [2.24, 2.45) is 7.05 Å². The van der Waals surface area contributed by atoms with Gasteiger partial charge in [-0.05, 0) is 62.2 Å². The number of thiocarbonyl (C=S) groups is 1. The molecule has 0 saturated heterocycles. The van der Waals surface area contributed by atoms with Gasteiger partial charge in [0.15, 0.2) is 10.8 Å². The summed E-state index contributed by atoms with van der Waals surface area (Å²) in [6, 6.07) is 9.11. The molecule has 0 aliphatic heterocycles. The second kappa shape index (κ2) is 7.52. The van der Waals surface area contributed by atoms with Crippen molar-refractivity contribution >= 4 is 51.6 Å². The Hall–Kier alpha value is -2.71. The summed E-state index contributed by atoms with van der Waals surface area (Å²) in [5.41, 5.74) is 9.52. The fraction of sp³-hybridized carbons (Fsp3) is 0.333. The van der Waals surface area contributed by atoms with Gasteiger partial charge in [0.1, 0.15) is 0 Å². The summed E-state index contributed by atoms with van der Waals surface area (Å²) in [5.74, 6) is 0.584. The molecular weight excluding hydrogens is 420 g/mol. The van der Waals surface area contributed by atoms with Crippen LogP contribution in [0, 0.1) is 0 Å². The Kier molecular flexibility index (Phi) is 4.83. The lowest BCUT2D eigenvalue weighted by atomic mass is 10.1. The maximum Gasteiger partial charge on any atom is 0.270 e. The number of hydrogen-bond donors (Lipinski definition) is 3. The number of rotatable bonds is 4. The number of fused-ring (bicyclic) bond motifs is 1. The van der Waals surface area contributed by atoms with E-state index in [1.165, 1.54) is 0 Å². The molecule has 3 aromatic rings. The predicted octanol–water partition coefficient (Wildman–Crippen LogP) is 4.01. The number of aromatic nitrogens is 3. The van der Waals surface area contributed by atoms with Crippen molar-refractivity contribution in [2.75, 3.05) is 5.32 Å². The zero-order valence-electron chi connectivity index (χ0n) is 16.4. The van der Waals surface area contributed by atoms with E-state index in [0.29, 0.717) is 22.4 Å². The number of hydrazine groups is 1. The number of benzene rings is 1. The Bertz CT molecular complexity index is 1170. The van der Waals surface area contributed by atoms with Crippen LogP contribution in [-0.2, 0) is 7.05 Å². The first-order valence-electron chi connectivity index (χ1n) is 10.00. The van der Waals surface area contributed by atoms with Gasteiger partial charge >= 0.3 is 0 Å². The van der Waals surface area contributed by atoms with E-state index < -0.39 is 0 Å². The largest absolute Gasteiger partial charge is 0.331 e. The van der Waals surface area contributed by atoms with Crippen LogP contribution in [0.2, 0.25) is 5.02 Å². The Balaban J connectivity index is 1.39. The Labute approximate surface area is 184 Å². The molecule has 2 heterocycles. The molecule has 2 aliphatic carbocycles. The number of nitrogens with one attached hydrogen (secondary N) is 3. The molecule has 7 nitrogen and oxygen atoms in total. The minimum absolute atomic E-state index is 0.255. The highest BCUT2D eigenvalue weighted by molar-refractivity contribution is 7.80. The molecule has 2 aromatic heterocycles. The van der Waals surface area contributed by atoms with Crippen LogP contribution in [0.25, 0.3) is 11.0 Å². The van der Waals surface area contributed by atoms with Gasteiger partial charge in [0.2, 0.25) is 0 Å². The monoisotopic (exact) mass is 440 g/mol. The zero-order chi connectivity index (χ0) is 20.8. The van der Waals surface area contributed by atoms with Crippen LogP contribution in [0.15, 0.2) is 30.3 Å². The number of hydrogen-bond acceptors (Lipinski definition) is 4. The van der Waals surface area contributed by atoms with Gasteiger partial charge in [-0.2, -0.15) is 5.10 Å². The van der Waals surface area contributed by atoms with E-state index in [1.807, 2.05) is 25.2 Å². The Morgan fingerprint density at radius 3 is 2.63 bits per heavy atom. The van der Waals surface area contributed by atoms with Crippen LogP contribution in [-0.4, -0.2) is 25.8 Å². The minimum Gasteiger partial charge on any atom is -0.331 e. The minimum atomic E-state index is -0.255. The van der Waals surface area contributed by atoms with E-state index in [1.54, 1.807) is 16.8 Å². The van der Waals surface area contributed by atoms with E-state index in [2.05, 4.69) is 21.3 Å². The molecule has 2 aliphatic rings. The van der Waals surface area contributed by atoms with Crippen molar-refractivity contribution in [1.29, 1.82) is 0 Å². The van der Waals surface area contributed by atoms with Crippen molar-refractivity contribution in [3.63, 3.8) is 0 Å². The van der Waals surface area contributed by atoms with Crippen LogP contribution < -0.4 is 16.2 Å². The van der Waals surface area contributed by atoms with E-state index in [9.17, 15) is 4.79 Å². The van der Waals surface area contributed by atoms with Crippen LogP contribution in [0.5, 0.6) is 0 Å². The highest BCUT2D eigenvalue weighted by atomic mass is 35.5. The van der Waals surface area contributed by atoms with Gasteiger partial charge in [0.25, 0.3) is 5.91 Å². The van der Waals surface area contributed by atoms with Gasteiger partial charge in [0, 0.05) is 35.3 Å². The summed E-state index contributed by atoms with van der Waals surface area (Å²) < 4.78 is 1.80. The predicted molar refractivity (Wildman–Crippen MR) is 121 cm³/mol. The SMILES string of the molecule is Cn1nc(C2CC2)c2c(C(=O)NNC(=S)Nc3cccc(Cl)c3)cc(C3CC3)nc21. The number of carbonyl (C=O) groups excluding carboxylic acids is 1. The molecule has 0 spiro atoms. The van der Waals surface area contributed by atoms with Gasteiger partial charge < -0.3 is 5.32 Å². The maximum absolute atomic E-state index is 13.1. The lowest BCUT2D eigenvalue weighted by Gasteiger charge is -2.13. The number of pyridine rings is 1. The number of halogens is 1. The molecule has 154 valence electrons. The third-order valence-corrected chi connectivity index (χ3v) is 5.86. The standard InChI is InChI=1S/C21H21ClN6OS/c1-28-19-17(18(27-28)12-7-8-12)15(10-16(24-19)11-5-6-11)20(29)25-26-21(30)23-14-4-2-3-13(22)9-14/h2-4,9-12H,5-8H2,1H3,(H,25,29)(H2,23,26,30). The zero-order valence-corrected chi connectivity index (χ0v) is 18.0. The smallest absolute Gasteiger partial charge is 0.270 e. The van der Waals surface area contributed by atoms with Crippen LogP contribution in [0.4, 0.5) is 5.69 Å². The maximum atomic E-state index is 13.1. The van der Waals surface area contributed by atoms with Crippen molar-refractivity contribution < 1.29 is 4.79 Å². The van der Waals surface area contributed by atoms with Crippen molar-refractivity contribution in [2.45, 2.75) is 37.5 Å². The van der Waals surface area contributed by atoms with Gasteiger partial charge in [-0.25, -0.2) is 4.98 Å². The second-order valence-electron chi connectivity index (χ2n) is 7.89. The van der Waals surface area contributed by atoms with E-state index in [4.69, 9.17) is 28.8 Å². The molecule has 9 heteroatoms. The van der Waals surface area contributed by atoms with Crippen molar-refractivity contribution in [3.8, 4) is 0 Å². The number of anilines is 1. The number of amides is 1. The Morgan fingerprint density at radius 1 is 1.17 bits per heavy atom. The summed E-state index contributed by atoms with van der Waals surface area (Å²) in [5, 5.41) is 9.40. The number of carbonyl (C=O) groups is 1. The molecule has 3 N–H and O–H groups in total. The Morgan fingerprint density at radius 2 is 1.93 bits per heavy atom. The van der Waals surface area contributed by atoms with Crippen molar-refractivity contribution in [3.05, 3.63) is 52.3 Å². The molecule has 0 unspecified atom stereocenters. The second-order valence-corrected chi connectivity index (χ2v) is 8.74. The molecule has 0 radical (unpaired) electrons. The van der Waals surface area contributed by atoms with E-state index in [0.717, 1.165) is 53.8 Å². The first-order chi connectivity index (χ1) is 14.5. The lowest BCUT2D eigenvalue weighted by Crippen LogP contribution is -2.43.